The number of pyridine rings is 1. The molecular formula is C33H45N5O2S. The lowest BCUT2D eigenvalue weighted by atomic mass is 9.86. The molecule has 0 bridgehead atoms. The van der Waals surface area contributed by atoms with Gasteiger partial charge in [0.2, 0.25) is 0 Å². The lowest BCUT2D eigenvalue weighted by molar-refractivity contribution is 0.241. The number of aryl methyl sites for hydroxylation is 1. The fourth-order valence-corrected chi connectivity index (χ4v) is 7.19. The second-order valence-corrected chi connectivity index (χ2v) is 15.6. The van der Waals surface area contributed by atoms with E-state index in [4.69, 9.17) is 9.72 Å². The zero-order chi connectivity index (χ0) is 29.3. The van der Waals surface area contributed by atoms with Gasteiger partial charge in [0.25, 0.3) is 0 Å². The SMILES string of the molecule is Cc1cc(Nc2cc(Nc3ccccc3[SH](C)(=O)C(C)C)c3cc[nH]c3n2)c(OC(C)C)cc1C1CCN(C)CC1. The number of para-hydroxylation sites is 1. The summed E-state index contributed by atoms with van der Waals surface area (Å²) in [6, 6.07) is 16.4. The van der Waals surface area contributed by atoms with Crippen LogP contribution in [0.5, 0.6) is 5.75 Å². The Bertz CT molecular complexity index is 1570. The topological polar surface area (TPSA) is 82.3 Å². The number of anilines is 4. The van der Waals surface area contributed by atoms with Gasteiger partial charge in [-0.2, -0.15) is 0 Å². The highest BCUT2D eigenvalue weighted by atomic mass is 32.2. The van der Waals surface area contributed by atoms with Gasteiger partial charge in [0.15, 0.2) is 0 Å². The Morgan fingerprint density at radius 2 is 1.73 bits per heavy atom. The van der Waals surface area contributed by atoms with Crippen molar-refractivity contribution < 1.29 is 8.95 Å². The molecule has 220 valence electrons. The number of likely N-dealkylation sites (tertiary alicyclic amines) is 1. The smallest absolute Gasteiger partial charge is 0.143 e. The van der Waals surface area contributed by atoms with Gasteiger partial charge in [0, 0.05) is 27.8 Å². The number of hydrogen-bond acceptors (Lipinski definition) is 6. The van der Waals surface area contributed by atoms with Crippen molar-refractivity contribution in [3.8, 4) is 5.75 Å². The summed E-state index contributed by atoms with van der Waals surface area (Å²) >= 11 is 0. The zero-order valence-corrected chi connectivity index (χ0v) is 26.3. The number of nitrogens with zero attached hydrogens (tertiary/aromatic N) is 2. The molecule has 1 aliphatic heterocycles. The molecule has 0 aliphatic carbocycles. The first-order valence-corrected chi connectivity index (χ1v) is 16.9. The van der Waals surface area contributed by atoms with Gasteiger partial charge in [-0.3, -0.25) is 4.21 Å². The first kappa shape index (κ1) is 29.1. The van der Waals surface area contributed by atoms with Crippen molar-refractivity contribution in [1.29, 1.82) is 0 Å². The maximum absolute atomic E-state index is 13.7. The molecule has 8 heteroatoms. The zero-order valence-electron chi connectivity index (χ0n) is 25.4. The number of aromatic amines is 1. The summed E-state index contributed by atoms with van der Waals surface area (Å²) in [5.74, 6) is 2.08. The molecule has 2 aromatic heterocycles. The molecule has 4 aromatic rings. The third-order valence-electron chi connectivity index (χ3n) is 8.32. The highest BCUT2D eigenvalue weighted by Crippen LogP contribution is 2.39. The minimum absolute atomic E-state index is 0.0434. The minimum Gasteiger partial charge on any atom is -0.489 e. The second-order valence-electron chi connectivity index (χ2n) is 12.1. The number of thiol groups is 1. The molecule has 1 saturated heterocycles. The van der Waals surface area contributed by atoms with Crippen LogP contribution in [0.15, 0.2) is 59.6 Å². The predicted octanol–water partition coefficient (Wildman–Crippen LogP) is 7.37. The molecule has 3 N–H and O–H groups in total. The number of fused-ring (bicyclic) bond motifs is 1. The Hall–Kier alpha value is -3.36. The molecule has 3 heterocycles. The number of nitrogens with one attached hydrogen (secondary N) is 3. The van der Waals surface area contributed by atoms with Crippen LogP contribution in [-0.2, 0) is 9.93 Å². The van der Waals surface area contributed by atoms with Crippen LogP contribution < -0.4 is 15.4 Å². The summed E-state index contributed by atoms with van der Waals surface area (Å²) < 4.78 is 20.0. The Kier molecular flexibility index (Phi) is 8.43. The number of ether oxygens (including phenoxy) is 1. The normalized spacial score (nSPS) is 15.5. The molecular weight excluding hydrogens is 530 g/mol. The van der Waals surface area contributed by atoms with Gasteiger partial charge in [-0.25, -0.2) is 4.98 Å². The molecule has 0 saturated carbocycles. The highest BCUT2D eigenvalue weighted by molar-refractivity contribution is 8.03. The molecule has 1 fully saturated rings. The summed E-state index contributed by atoms with van der Waals surface area (Å²) in [6.45, 7) is 12.6. The summed E-state index contributed by atoms with van der Waals surface area (Å²) in [5.41, 5.74) is 6.05. The fraction of sp³-hybridized carbons (Fsp3) is 0.424. The first-order valence-electron chi connectivity index (χ1n) is 14.7. The predicted molar refractivity (Wildman–Crippen MR) is 174 cm³/mol. The Labute approximate surface area is 245 Å². The Morgan fingerprint density at radius 1 is 1.00 bits per heavy atom. The van der Waals surface area contributed by atoms with Gasteiger partial charge in [0.1, 0.15) is 17.2 Å². The maximum Gasteiger partial charge on any atom is 0.143 e. The molecule has 5 rings (SSSR count). The van der Waals surface area contributed by atoms with E-state index in [1.165, 1.54) is 11.1 Å². The molecule has 0 radical (unpaired) electrons. The van der Waals surface area contributed by atoms with Gasteiger partial charge >= 0.3 is 0 Å². The molecule has 0 unspecified atom stereocenters. The molecule has 41 heavy (non-hydrogen) atoms. The lowest BCUT2D eigenvalue weighted by Crippen LogP contribution is -2.29. The van der Waals surface area contributed by atoms with E-state index in [0.29, 0.717) is 11.7 Å². The average Bonchev–Trinajstić information content (AvgIpc) is 3.40. The van der Waals surface area contributed by atoms with Crippen LogP contribution in [0.25, 0.3) is 11.0 Å². The van der Waals surface area contributed by atoms with Gasteiger partial charge in [-0.1, -0.05) is 35.9 Å². The summed E-state index contributed by atoms with van der Waals surface area (Å²) in [4.78, 5) is 11.4. The summed E-state index contributed by atoms with van der Waals surface area (Å²) in [6.07, 6.45) is 6.13. The van der Waals surface area contributed by atoms with Gasteiger partial charge in [-0.05, 0) is 107 Å². The van der Waals surface area contributed by atoms with Crippen LogP contribution >= 0.6 is 0 Å². The van der Waals surface area contributed by atoms with Crippen LogP contribution in [0, 0.1) is 6.92 Å². The minimum atomic E-state index is -2.57. The molecule has 1 aliphatic rings. The first-order chi connectivity index (χ1) is 19.5. The van der Waals surface area contributed by atoms with Gasteiger partial charge in [-0.15, -0.1) is 0 Å². The van der Waals surface area contributed by atoms with Crippen molar-refractivity contribution >= 4 is 43.8 Å². The van der Waals surface area contributed by atoms with Crippen molar-refractivity contribution in [3.05, 3.63) is 65.9 Å². The van der Waals surface area contributed by atoms with Crippen molar-refractivity contribution in [2.45, 2.75) is 69.6 Å². The van der Waals surface area contributed by atoms with Crippen molar-refractivity contribution in [1.82, 2.24) is 14.9 Å². The van der Waals surface area contributed by atoms with Crippen molar-refractivity contribution in [2.24, 2.45) is 0 Å². The van der Waals surface area contributed by atoms with E-state index in [1.54, 1.807) is 0 Å². The molecule has 0 atom stereocenters. The fourth-order valence-electron chi connectivity index (χ4n) is 5.65. The van der Waals surface area contributed by atoms with Crippen LogP contribution in [0.2, 0.25) is 0 Å². The maximum atomic E-state index is 13.7. The third kappa shape index (κ3) is 6.28. The Balaban J connectivity index is 1.51. The van der Waals surface area contributed by atoms with E-state index in [2.05, 4.69) is 60.5 Å². The van der Waals surface area contributed by atoms with Gasteiger partial charge in [0.05, 0.1) is 23.2 Å². The summed E-state index contributed by atoms with van der Waals surface area (Å²) in [7, 11) is -0.372. The number of benzene rings is 2. The quantitative estimate of drug-likeness (QED) is 0.156. The Morgan fingerprint density at radius 3 is 2.44 bits per heavy atom. The molecule has 0 amide bonds. The van der Waals surface area contributed by atoms with Crippen LogP contribution in [0.1, 0.15) is 57.6 Å². The summed E-state index contributed by atoms with van der Waals surface area (Å²) in [5, 5.41) is 8.18. The van der Waals surface area contributed by atoms with E-state index in [-0.39, 0.29) is 11.4 Å². The molecule has 7 nitrogen and oxygen atoms in total. The number of hydrogen-bond donors (Lipinski definition) is 4. The van der Waals surface area contributed by atoms with E-state index < -0.39 is 9.93 Å². The lowest BCUT2D eigenvalue weighted by Gasteiger charge is -2.31. The second kappa shape index (κ2) is 11.9. The third-order valence-corrected chi connectivity index (χ3v) is 11.6. The molecule has 2 aromatic carbocycles. The monoisotopic (exact) mass is 575 g/mol. The number of piperidine rings is 1. The number of rotatable bonds is 9. The van der Waals surface area contributed by atoms with Crippen molar-refractivity contribution in [2.75, 3.05) is 37.0 Å². The van der Waals surface area contributed by atoms with E-state index in [0.717, 1.165) is 64.7 Å². The van der Waals surface area contributed by atoms with Gasteiger partial charge < -0.3 is 25.3 Å². The van der Waals surface area contributed by atoms with Crippen molar-refractivity contribution in [3.63, 3.8) is 0 Å². The standard InChI is InChI=1S/C33H45N5O2S/c1-21(2)40-30-19-26(24-13-16-38(6)17-14-24)23(5)18-29(30)36-32-20-28(25-12-15-34-33(25)37-32)35-27-10-8-9-11-31(27)41(7,39)22(3)4/h8-12,15,18-22,24,41H,13-14,16-17H2,1-7H3,(H3,34,35,36,37). The van der Waals surface area contributed by atoms with E-state index >= 15 is 0 Å². The van der Waals surface area contributed by atoms with Crippen LogP contribution in [-0.4, -0.2) is 56.8 Å². The van der Waals surface area contributed by atoms with Crippen LogP contribution in [0.4, 0.5) is 22.9 Å². The van der Waals surface area contributed by atoms with E-state index in [9.17, 15) is 4.21 Å². The average molecular weight is 576 g/mol. The van der Waals surface area contributed by atoms with E-state index in [1.807, 2.05) is 62.7 Å². The largest absolute Gasteiger partial charge is 0.489 e. The number of aromatic nitrogens is 2. The van der Waals surface area contributed by atoms with Crippen LogP contribution in [0.3, 0.4) is 0 Å². The number of H-pyrrole nitrogens is 1. The molecule has 0 spiro atoms. The highest BCUT2D eigenvalue weighted by Gasteiger charge is 2.23.